The molecule has 1 unspecified atom stereocenters. The summed E-state index contributed by atoms with van der Waals surface area (Å²) in [7, 11) is 3.05. The number of nitrogens with one attached hydrogen (secondary N) is 2. The molecule has 194 valence electrons. The summed E-state index contributed by atoms with van der Waals surface area (Å²) in [6.45, 7) is 10.8. The highest BCUT2D eigenvalue weighted by Crippen LogP contribution is 2.34. The van der Waals surface area contributed by atoms with Gasteiger partial charge >= 0.3 is 5.97 Å². The molecule has 2 heterocycles. The largest absolute Gasteiger partial charge is 0.464 e. The van der Waals surface area contributed by atoms with Gasteiger partial charge in [0.1, 0.15) is 5.65 Å². The minimum Gasteiger partial charge on any atom is -0.464 e. The molecule has 8 heteroatoms. The number of anilines is 2. The second-order valence-electron chi connectivity index (χ2n) is 10.2. The SMILES string of the molecule is COC(=O)c1c(NC(=O)Cc2ccccc2)c2cc(NC(C)CC(C)(C)OC)cnc2n1CC(C)C. The molecule has 0 saturated carbocycles. The lowest BCUT2D eigenvalue weighted by molar-refractivity contribution is -0.115. The van der Waals surface area contributed by atoms with Crippen molar-refractivity contribution in [3.8, 4) is 0 Å². The first-order valence-corrected chi connectivity index (χ1v) is 12.3. The average Bonchev–Trinajstić information content (AvgIpc) is 3.10. The van der Waals surface area contributed by atoms with Crippen molar-refractivity contribution in [2.24, 2.45) is 5.92 Å². The lowest BCUT2D eigenvalue weighted by atomic mass is 10.00. The van der Waals surface area contributed by atoms with Crippen molar-refractivity contribution < 1.29 is 19.1 Å². The van der Waals surface area contributed by atoms with Gasteiger partial charge in [-0.2, -0.15) is 0 Å². The zero-order valence-corrected chi connectivity index (χ0v) is 22.3. The van der Waals surface area contributed by atoms with E-state index in [-0.39, 0.29) is 29.9 Å². The molecule has 36 heavy (non-hydrogen) atoms. The molecular formula is C28H38N4O4. The number of rotatable bonds is 11. The molecule has 8 nitrogen and oxygen atoms in total. The normalized spacial score (nSPS) is 12.6. The van der Waals surface area contributed by atoms with E-state index in [4.69, 9.17) is 14.5 Å². The van der Waals surface area contributed by atoms with Crippen LogP contribution < -0.4 is 10.6 Å². The van der Waals surface area contributed by atoms with Gasteiger partial charge in [-0.15, -0.1) is 0 Å². The van der Waals surface area contributed by atoms with Crippen LogP contribution in [0.1, 0.15) is 57.1 Å². The van der Waals surface area contributed by atoms with Gasteiger partial charge in [-0.05, 0) is 44.7 Å². The number of hydrogen-bond donors (Lipinski definition) is 2. The molecular weight excluding hydrogens is 456 g/mol. The van der Waals surface area contributed by atoms with Gasteiger partial charge in [-0.1, -0.05) is 44.2 Å². The van der Waals surface area contributed by atoms with E-state index in [1.165, 1.54) is 7.11 Å². The Morgan fingerprint density at radius 1 is 1.11 bits per heavy atom. The predicted molar refractivity (Wildman–Crippen MR) is 143 cm³/mol. The van der Waals surface area contributed by atoms with E-state index in [2.05, 4.69) is 31.4 Å². The smallest absolute Gasteiger partial charge is 0.356 e. The van der Waals surface area contributed by atoms with Crippen LogP contribution in [0.25, 0.3) is 11.0 Å². The summed E-state index contributed by atoms with van der Waals surface area (Å²) in [5.41, 5.74) is 2.73. The molecule has 0 radical (unpaired) electrons. The van der Waals surface area contributed by atoms with E-state index < -0.39 is 5.97 Å². The van der Waals surface area contributed by atoms with Gasteiger partial charge in [-0.3, -0.25) is 4.79 Å². The molecule has 3 rings (SSSR count). The molecule has 1 aromatic carbocycles. The van der Waals surface area contributed by atoms with Crippen LogP contribution in [-0.4, -0.2) is 47.3 Å². The standard InChI is InChI=1S/C28H38N4O4/c1-18(2)17-32-25(27(34)35-6)24(31-23(33)13-20-11-9-8-10-12-20)22-14-21(16-29-26(22)32)30-19(3)15-28(4,5)36-7/h8-12,14,16,18-19,30H,13,15,17H2,1-7H3,(H,31,33). The minimum absolute atomic E-state index is 0.105. The molecule has 0 fully saturated rings. The first kappa shape index (κ1) is 27.2. The van der Waals surface area contributed by atoms with Gasteiger partial charge < -0.3 is 24.7 Å². The van der Waals surface area contributed by atoms with Crippen molar-refractivity contribution >= 4 is 34.3 Å². The number of carbonyl (C=O) groups excluding carboxylic acids is 2. The number of amides is 1. The highest BCUT2D eigenvalue weighted by Gasteiger charge is 2.27. The van der Waals surface area contributed by atoms with E-state index in [1.54, 1.807) is 13.3 Å². The third-order valence-electron chi connectivity index (χ3n) is 6.06. The zero-order valence-electron chi connectivity index (χ0n) is 22.3. The summed E-state index contributed by atoms with van der Waals surface area (Å²) >= 11 is 0. The number of benzene rings is 1. The van der Waals surface area contributed by atoms with Gasteiger partial charge in [-0.25, -0.2) is 9.78 Å². The zero-order chi connectivity index (χ0) is 26.5. The second-order valence-corrected chi connectivity index (χ2v) is 10.2. The van der Waals surface area contributed by atoms with Crippen LogP contribution >= 0.6 is 0 Å². The molecule has 0 spiro atoms. The molecule has 3 aromatic rings. The van der Waals surface area contributed by atoms with E-state index in [9.17, 15) is 9.59 Å². The number of hydrogen-bond acceptors (Lipinski definition) is 6. The van der Waals surface area contributed by atoms with Crippen molar-refractivity contribution in [2.45, 2.75) is 65.6 Å². The molecule has 0 saturated heterocycles. The van der Waals surface area contributed by atoms with Crippen LogP contribution in [0.4, 0.5) is 11.4 Å². The number of nitrogens with zero attached hydrogens (tertiary/aromatic N) is 2. The van der Waals surface area contributed by atoms with E-state index in [1.807, 2.05) is 54.8 Å². The Morgan fingerprint density at radius 2 is 1.81 bits per heavy atom. The average molecular weight is 495 g/mol. The summed E-state index contributed by atoms with van der Waals surface area (Å²) in [6.07, 6.45) is 2.73. The summed E-state index contributed by atoms with van der Waals surface area (Å²) < 4.78 is 12.5. The number of methoxy groups -OCH3 is 2. The highest BCUT2D eigenvalue weighted by molar-refractivity contribution is 6.11. The lowest BCUT2D eigenvalue weighted by Crippen LogP contribution is -2.31. The van der Waals surface area contributed by atoms with Crippen molar-refractivity contribution in [3.63, 3.8) is 0 Å². The van der Waals surface area contributed by atoms with Crippen molar-refractivity contribution in [2.75, 3.05) is 24.9 Å². The highest BCUT2D eigenvalue weighted by atomic mass is 16.5. The fourth-order valence-corrected chi connectivity index (χ4v) is 4.40. The Morgan fingerprint density at radius 3 is 2.42 bits per heavy atom. The summed E-state index contributed by atoms with van der Waals surface area (Å²) in [5, 5.41) is 7.15. The van der Waals surface area contributed by atoms with Gasteiger partial charge in [0.2, 0.25) is 5.91 Å². The number of aromatic nitrogens is 2. The summed E-state index contributed by atoms with van der Waals surface area (Å²) in [4.78, 5) is 30.7. The number of fused-ring (bicyclic) bond motifs is 1. The molecule has 0 aliphatic heterocycles. The maximum atomic E-state index is 13.1. The third kappa shape index (κ3) is 6.63. The molecule has 2 N–H and O–H groups in total. The minimum atomic E-state index is -0.520. The van der Waals surface area contributed by atoms with Gasteiger partial charge in [0, 0.05) is 25.1 Å². The fraction of sp³-hybridized carbons (Fsp3) is 0.464. The quantitative estimate of drug-likeness (QED) is 0.353. The van der Waals surface area contributed by atoms with E-state index in [0.29, 0.717) is 29.0 Å². The number of carbonyl (C=O) groups is 2. The summed E-state index contributed by atoms with van der Waals surface area (Å²) in [6, 6.07) is 11.5. The van der Waals surface area contributed by atoms with Crippen LogP contribution in [0.5, 0.6) is 0 Å². The van der Waals surface area contributed by atoms with Crippen LogP contribution in [0.2, 0.25) is 0 Å². The number of ether oxygens (including phenoxy) is 2. The second kappa shape index (κ2) is 11.6. The Balaban J connectivity index is 2.05. The number of pyridine rings is 1. The summed E-state index contributed by atoms with van der Waals surface area (Å²) in [5.74, 6) is -0.496. The van der Waals surface area contributed by atoms with Crippen molar-refractivity contribution in [1.29, 1.82) is 0 Å². The Bertz CT molecular complexity index is 1200. The predicted octanol–water partition coefficient (Wildman–Crippen LogP) is 5.28. The van der Waals surface area contributed by atoms with Crippen molar-refractivity contribution in [1.82, 2.24) is 9.55 Å². The molecule has 0 aliphatic rings. The van der Waals surface area contributed by atoms with Gasteiger partial charge in [0.15, 0.2) is 5.69 Å². The van der Waals surface area contributed by atoms with Crippen molar-refractivity contribution in [3.05, 3.63) is 53.9 Å². The van der Waals surface area contributed by atoms with Crippen LogP contribution in [0, 0.1) is 5.92 Å². The van der Waals surface area contributed by atoms with Crippen LogP contribution in [0.3, 0.4) is 0 Å². The van der Waals surface area contributed by atoms with Crippen LogP contribution in [0.15, 0.2) is 42.6 Å². The molecule has 1 amide bonds. The number of esters is 1. The Kier molecular flexibility index (Phi) is 8.74. The first-order valence-electron chi connectivity index (χ1n) is 12.3. The lowest BCUT2D eigenvalue weighted by Gasteiger charge is -2.27. The maximum Gasteiger partial charge on any atom is 0.356 e. The Labute approximate surface area is 213 Å². The molecule has 0 bridgehead atoms. The third-order valence-corrected chi connectivity index (χ3v) is 6.06. The molecule has 0 aliphatic carbocycles. The monoisotopic (exact) mass is 494 g/mol. The topological polar surface area (TPSA) is 94.5 Å². The van der Waals surface area contributed by atoms with E-state index >= 15 is 0 Å². The van der Waals surface area contributed by atoms with Crippen LogP contribution in [-0.2, 0) is 27.2 Å². The van der Waals surface area contributed by atoms with Gasteiger partial charge in [0.25, 0.3) is 0 Å². The fourth-order valence-electron chi connectivity index (χ4n) is 4.40. The van der Waals surface area contributed by atoms with Gasteiger partial charge in [0.05, 0.1) is 36.7 Å². The molecule has 1 atom stereocenters. The maximum absolute atomic E-state index is 13.1. The Hall–Kier alpha value is -3.39. The molecule has 2 aromatic heterocycles. The van der Waals surface area contributed by atoms with E-state index in [0.717, 1.165) is 17.7 Å². The first-order chi connectivity index (χ1) is 17.0.